The van der Waals surface area contributed by atoms with E-state index in [1.165, 1.54) is 18.1 Å². The first-order valence-electron chi connectivity index (χ1n) is 8.04. The predicted molar refractivity (Wildman–Crippen MR) is 103 cm³/mol. The zero-order chi connectivity index (χ0) is 17.6. The number of aromatic nitrogens is 2. The average Bonchev–Trinajstić information content (AvgIpc) is 2.64. The lowest BCUT2D eigenvalue weighted by Gasteiger charge is -2.13. The Morgan fingerprint density at radius 1 is 1.04 bits per heavy atom. The molecule has 0 unspecified atom stereocenters. The largest absolute Gasteiger partial charge is 0.325 e. The van der Waals surface area contributed by atoms with Gasteiger partial charge in [0.15, 0.2) is 0 Å². The third-order valence-corrected chi connectivity index (χ3v) is 4.81. The van der Waals surface area contributed by atoms with E-state index in [9.17, 15) is 4.79 Å². The van der Waals surface area contributed by atoms with Crippen LogP contribution in [0.4, 0.5) is 5.69 Å². The molecule has 0 bridgehead atoms. The minimum Gasteiger partial charge on any atom is -0.325 e. The molecule has 0 aliphatic heterocycles. The number of hydrogen-bond acceptors (Lipinski definition) is 4. The van der Waals surface area contributed by atoms with Crippen LogP contribution in [0.2, 0.25) is 0 Å². The smallest absolute Gasteiger partial charge is 0.237 e. The van der Waals surface area contributed by atoms with Crippen molar-refractivity contribution in [3.05, 3.63) is 72.6 Å². The fourth-order valence-electron chi connectivity index (χ4n) is 2.35. The summed E-state index contributed by atoms with van der Waals surface area (Å²) in [5, 5.41) is 3.49. The van der Waals surface area contributed by atoms with E-state index < -0.39 is 0 Å². The lowest BCUT2D eigenvalue weighted by atomic mass is 10.1. The highest BCUT2D eigenvalue weighted by Crippen LogP contribution is 2.26. The second-order valence-electron chi connectivity index (χ2n) is 5.67. The molecular weight excluding hydrogens is 330 g/mol. The molecule has 3 aromatic rings. The molecule has 25 heavy (non-hydrogen) atoms. The molecule has 0 radical (unpaired) electrons. The molecule has 0 aliphatic carbocycles. The Morgan fingerprint density at radius 2 is 1.76 bits per heavy atom. The van der Waals surface area contributed by atoms with Gasteiger partial charge in [-0.3, -0.25) is 4.79 Å². The van der Waals surface area contributed by atoms with E-state index in [1.54, 1.807) is 0 Å². The summed E-state index contributed by atoms with van der Waals surface area (Å²) in [7, 11) is 0. The number of para-hydroxylation sites is 1. The number of thioether (sulfide) groups is 1. The number of amides is 1. The van der Waals surface area contributed by atoms with E-state index in [0.29, 0.717) is 0 Å². The Bertz CT molecular complexity index is 868. The number of carbonyl (C=O) groups excluding carboxylic acids is 1. The molecule has 1 N–H and O–H groups in total. The number of hydrogen-bond donors (Lipinski definition) is 1. The number of carbonyl (C=O) groups is 1. The molecule has 1 amide bonds. The minimum atomic E-state index is -0.266. The van der Waals surface area contributed by atoms with Crippen molar-refractivity contribution in [1.29, 1.82) is 0 Å². The first kappa shape index (κ1) is 17.2. The summed E-state index contributed by atoms with van der Waals surface area (Å²) in [6, 6.07) is 19.6. The summed E-state index contributed by atoms with van der Waals surface area (Å²) in [5.41, 5.74) is 3.77. The summed E-state index contributed by atoms with van der Waals surface area (Å²) in [6.07, 6.45) is 1.54. The van der Waals surface area contributed by atoms with Crippen LogP contribution in [0.5, 0.6) is 0 Å². The van der Waals surface area contributed by atoms with Crippen molar-refractivity contribution in [3.63, 3.8) is 0 Å². The molecule has 2 aromatic carbocycles. The van der Waals surface area contributed by atoms with Crippen LogP contribution < -0.4 is 5.32 Å². The van der Waals surface area contributed by atoms with Crippen molar-refractivity contribution in [1.82, 2.24) is 9.97 Å². The molecule has 3 rings (SSSR count). The van der Waals surface area contributed by atoms with Gasteiger partial charge in [-0.25, -0.2) is 9.97 Å². The summed E-state index contributed by atoms with van der Waals surface area (Å²) in [4.78, 5) is 21.0. The Balaban J connectivity index is 1.69. The van der Waals surface area contributed by atoms with Gasteiger partial charge in [0.25, 0.3) is 0 Å². The maximum atomic E-state index is 12.4. The molecule has 0 spiro atoms. The predicted octanol–water partition coefficient (Wildman–Crippen LogP) is 4.57. The molecule has 1 atom stereocenters. The van der Waals surface area contributed by atoms with E-state index in [2.05, 4.69) is 15.3 Å². The third kappa shape index (κ3) is 4.45. The van der Waals surface area contributed by atoms with Crippen molar-refractivity contribution >= 4 is 23.4 Å². The van der Waals surface area contributed by atoms with Crippen molar-refractivity contribution < 1.29 is 4.79 Å². The van der Waals surface area contributed by atoms with Gasteiger partial charge < -0.3 is 5.32 Å². The second-order valence-corrected chi connectivity index (χ2v) is 7.03. The fourth-order valence-corrected chi connectivity index (χ4v) is 3.17. The highest BCUT2D eigenvalue weighted by molar-refractivity contribution is 8.00. The lowest BCUT2D eigenvalue weighted by Crippen LogP contribution is -2.22. The first-order chi connectivity index (χ1) is 12.1. The maximum absolute atomic E-state index is 12.4. The van der Waals surface area contributed by atoms with Crippen LogP contribution >= 0.6 is 11.8 Å². The quantitative estimate of drug-likeness (QED) is 0.541. The van der Waals surface area contributed by atoms with Crippen molar-refractivity contribution in [3.8, 4) is 11.3 Å². The molecule has 126 valence electrons. The molecule has 0 saturated carbocycles. The van der Waals surface area contributed by atoms with Gasteiger partial charge >= 0.3 is 0 Å². The number of rotatable bonds is 5. The number of benzene rings is 2. The van der Waals surface area contributed by atoms with Gasteiger partial charge in [0.2, 0.25) is 5.91 Å². The number of anilines is 1. The molecule has 5 heteroatoms. The SMILES string of the molecule is Cc1ccccc1NC(=O)[C@H](C)Sc1cc(-c2ccccc2)ncn1. The summed E-state index contributed by atoms with van der Waals surface area (Å²) in [6.45, 7) is 3.85. The molecule has 0 aliphatic rings. The number of nitrogens with one attached hydrogen (secondary N) is 1. The van der Waals surface area contributed by atoms with Crippen LogP contribution in [-0.4, -0.2) is 21.1 Å². The van der Waals surface area contributed by atoms with Crippen LogP contribution in [0.25, 0.3) is 11.3 Å². The normalized spacial score (nSPS) is 11.8. The first-order valence-corrected chi connectivity index (χ1v) is 8.92. The van der Waals surface area contributed by atoms with Gasteiger partial charge in [-0.15, -0.1) is 0 Å². The Labute approximate surface area is 151 Å². The Kier molecular flexibility index (Phi) is 5.46. The van der Waals surface area contributed by atoms with Crippen LogP contribution in [-0.2, 0) is 4.79 Å². The van der Waals surface area contributed by atoms with Crippen molar-refractivity contribution in [2.45, 2.75) is 24.1 Å². The zero-order valence-electron chi connectivity index (χ0n) is 14.1. The van der Waals surface area contributed by atoms with Gasteiger partial charge in [0.05, 0.1) is 10.9 Å². The zero-order valence-corrected chi connectivity index (χ0v) is 15.0. The molecular formula is C20H19N3OS. The summed E-state index contributed by atoms with van der Waals surface area (Å²) in [5.74, 6) is -0.0424. The topological polar surface area (TPSA) is 54.9 Å². The minimum absolute atomic E-state index is 0.0424. The summed E-state index contributed by atoms with van der Waals surface area (Å²) >= 11 is 1.42. The van der Waals surface area contributed by atoms with Crippen LogP contribution in [0, 0.1) is 6.92 Å². The fraction of sp³-hybridized carbons (Fsp3) is 0.150. The number of nitrogens with zero attached hydrogens (tertiary/aromatic N) is 2. The van der Waals surface area contributed by atoms with E-state index in [0.717, 1.165) is 27.5 Å². The Hall–Kier alpha value is -2.66. The molecule has 0 fully saturated rings. The molecule has 1 aromatic heterocycles. The van der Waals surface area contributed by atoms with E-state index in [-0.39, 0.29) is 11.2 Å². The monoisotopic (exact) mass is 349 g/mol. The van der Waals surface area contributed by atoms with Crippen LogP contribution in [0.3, 0.4) is 0 Å². The van der Waals surface area contributed by atoms with Gasteiger partial charge in [0.1, 0.15) is 11.4 Å². The van der Waals surface area contributed by atoms with Crippen LogP contribution in [0.15, 0.2) is 72.0 Å². The van der Waals surface area contributed by atoms with Crippen LogP contribution in [0.1, 0.15) is 12.5 Å². The van der Waals surface area contributed by atoms with Crippen molar-refractivity contribution in [2.24, 2.45) is 0 Å². The molecule has 0 saturated heterocycles. The highest BCUT2D eigenvalue weighted by Gasteiger charge is 2.16. The van der Waals surface area contributed by atoms with E-state index in [4.69, 9.17) is 0 Å². The number of aryl methyl sites for hydroxylation is 1. The standard InChI is InChI=1S/C20H19N3OS/c1-14-8-6-7-11-17(14)23-20(24)15(2)25-19-12-18(21-13-22-19)16-9-4-3-5-10-16/h3-13,15H,1-2H3,(H,23,24)/t15-/m0/s1. The molecule has 1 heterocycles. The second kappa shape index (κ2) is 7.94. The van der Waals surface area contributed by atoms with Crippen molar-refractivity contribution in [2.75, 3.05) is 5.32 Å². The van der Waals surface area contributed by atoms with Gasteiger partial charge in [-0.05, 0) is 31.5 Å². The summed E-state index contributed by atoms with van der Waals surface area (Å²) < 4.78 is 0. The maximum Gasteiger partial charge on any atom is 0.237 e. The highest BCUT2D eigenvalue weighted by atomic mass is 32.2. The molecule has 4 nitrogen and oxygen atoms in total. The third-order valence-electron chi connectivity index (χ3n) is 3.78. The van der Waals surface area contributed by atoms with Gasteiger partial charge in [-0.1, -0.05) is 60.3 Å². The average molecular weight is 349 g/mol. The Morgan fingerprint density at radius 3 is 2.52 bits per heavy atom. The van der Waals surface area contributed by atoms with E-state index in [1.807, 2.05) is 74.5 Å². The lowest BCUT2D eigenvalue weighted by molar-refractivity contribution is -0.115. The van der Waals surface area contributed by atoms with Gasteiger partial charge in [0, 0.05) is 11.3 Å². The van der Waals surface area contributed by atoms with E-state index >= 15 is 0 Å². The van der Waals surface area contributed by atoms with Gasteiger partial charge in [-0.2, -0.15) is 0 Å².